The Labute approximate surface area is 312 Å². The van der Waals surface area contributed by atoms with Crippen molar-refractivity contribution in [2.45, 2.75) is 263 Å². The third-order valence-corrected chi connectivity index (χ3v) is 10.6. The number of rotatable bonds is 41. The van der Waals surface area contributed by atoms with Crippen LogP contribution >= 0.6 is 0 Å². The lowest BCUT2D eigenvalue weighted by molar-refractivity contribution is -0.124. The summed E-state index contributed by atoms with van der Waals surface area (Å²) in [6.07, 6.45) is 47.9. The molecule has 3 atom stereocenters. The molecule has 0 bridgehead atoms. The van der Waals surface area contributed by atoms with E-state index in [4.69, 9.17) is 0 Å². The highest BCUT2D eigenvalue weighted by molar-refractivity contribution is 5.76. The molecule has 0 saturated carbocycles. The molecule has 5 nitrogen and oxygen atoms in total. The fourth-order valence-corrected chi connectivity index (χ4v) is 7.11. The molecule has 0 aliphatic rings. The number of nitrogens with one attached hydrogen (secondary N) is 1. The minimum atomic E-state index is -0.924. The lowest BCUT2D eigenvalue weighted by Crippen LogP contribution is -2.45. The van der Waals surface area contributed by atoms with Crippen molar-refractivity contribution in [1.82, 2.24) is 5.32 Å². The zero-order chi connectivity index (χ0) is 36.6. The van der Waals surface area contributed by atoms with Crippen LogP contribution in [0, 0.1) is 0 Å². The van der Waals surface area contributed by atoms with Crippen molar-refractivity contribution in [3.8, 4) is 0 Å². The van der Waals surface area contributed by atoms with Crippen LogP contribution in [-0.4, -0.2) is 46.1 Å². The summed E-state index contributed by atoms with van der Waals surface area (Å²) in [5, 5.41) is 33.2. The molecule has 0 spiro atoms. The molecule has 0 aromatic rings. The van der Waals surface area contributed by atoms with Crippen LogP contribution in [-0.2, 0) is 4.79 Å². The van der Waals surface area contributed by atoms with Gasteiger partial charge in [-0.15, -0.1) is 0 Å². The Hall–Kier alpha value is -0.910. The van der Waals surface area contributed by atoms with Gasteiger partial charge in [-0.2, -0.15) is 0 Å². The summed E-state index contributed by atoms with van der Waals surface area (Å²) in [6, 6.07) is -0.739. The number of allylic oxidation sites excluding steroid dienone is 1. The zero-order valence-corrected chi connectivity index (χ0v) is 33.8. The van der Waals surface area contributed by atoms with Gasteiger partial charge in [0.25, 0.3) is 0 Å². The smallest absolute Gasteiger partial charge is 0.222 e. The topological polar surface area (TPSA) is 89.8 Å². The quantitative estimate of drug-likeness (QED) is 0.0376. The van der Waals surface area contributed by atoms with E-state index in [0.29, 0.717) is 6.42 Å². The van der Waals surface area contributed by atoms with Crippen LogP contribution in [0.2, 0.25) is 0 Å². The van der Waals surface area contributed by atoms with Crippen LogP contribution in [0.1, 0.15) is 245 Å². The minimum Gasteiger partial charge on any atom is -0.394 e. The fourth-order valence-electron chi connectivity index (χ4n) is 7.11. The maximum atomic E-state index is 12.4. The maximum Gasteiger partial charge on any atom is 0.222 e. The molecule has 50 heavy (non-hydrogen) atoms. The van der Waals surface area contributed by atoms with Crippen LogP contribution in [0.5, 0.6) is 0 Å². The minimum absolute atomic E-state index is 0.0183. The molecule has 0 aromatic heterocycles. The van der Waals surface area contributed by atoms with E-state index >= 15 is 0 Å². The van der Waals surface area contributed by atoms with Crippen molar-refractivity contribution in [3.63, 3.8) is 0 Å². The molecule has 0 radical (unpaired) electrons. The van der Waals surface area contributed by atoms with Gasteiger partial charge in [-0.3, -0.25) is 4.79 Å². The number of carbonyl (C=O) groups is 1. The van der Waals surface area contributed by atoms with Crippen molar-refractivity contribution in [2.75, 3.05) is 6.61 Å². The zero-order valence-electron chi connectivity index (χ0n) is 33.8. The van der Waals surface area contributed by atoms with Crippen molar-refractivity contribution >= 4 is 5.91 Å². The van der Waals surface area contributed by atoms with Crippen molar-refractivity contribution in [3.05, 3.63) is 12.2 Å². The van der Waals surface area contributed by atoms with Crippen LogP contribution in [0.15, 0.2) is 12.2 Å². The number of hydrogen-bond donors (Lipinski definition) is 4. The van der Waals surface area contributed by atoms with Crippen molar-refractivity contribution in [2.24, 2.45) is 0 Å². The van der Waals surface area contributed by atoms with Crippen LogP contribution in [0.3, 0.4) is 0 Å². The average Bonchev–Trinajstić information content (AvgIpc) is 3.11. The molecule has 0 aromatic carbocycles. The molecule has 1 amide bonds. The van der Waals surface area contributed by atoms with E-state index in [1.807, 2.05) is 6.08 Å². The summed E-state index contributed by atoms with van der Waals surface area (Å²) in [5.74, 6) is -0.313. The predicted molar refractivity (Wildman–Crippen MR) is 218 cm³/mol. The number of aliphatic hydroxyl groups excluding tert-OH is 3. The van der Waals surface area contributed by atoms with Crippen molar-refractivity contribution in [1.29, 1.82) is 0 Å². The Balaban J connectivity index is 3.60. The molecule has 5 heteroatoms. The first-order valence-corrected chi connectivity index (χ1v) is 22.5. The summed E-state index contributed by atoms with van der Waals surface area (Å²) in [6.45, 7) is 4.22. The van der Waals surface area contributed by atoms with Crippen molar-refractivity contribution < 1.29 is 20.1 Å². The fraction of sp³-hybridized carbons (Fsp3) is 0.933. The first-order valence-electron chi connectivity index (χ1n) is 22.5. The molecule has 0 aliphatic heterocycles. The largest absolute Gasteiger partial charge is 0.394 e. The predicted octanol–water partition coefficient (Wildman–Crippen LogP) is 12.8. The number of carbonyl (C=O) groups excluding carboxylic acids is 1. The molecular formula is C45H89NO4. The van der Waals surface area contributed by atoms with Gasteiger partial charge in [-0.1, -0.05) is 231 Å². The number of hydrogen-bond acceptors (Lipinski definition) is 4. The summed E-state index contributed by atoms with van der Waals surface area (Å²) in [4.78, 5) is 12.4. The summed E-state index contributed by atoms with van der Waals surface area (Å²) < 4.78 is 0. The average molecular weight is 708 g/mol. The third kappa shape index (κ3) is 36.9. The van der Waals surface area contributed by atoms with Gasteiger partial charge in [0.15, 0.2) is 0 Å². The molecule has 3 unspecified atom stereocenters. The second-order valence-electron chi connectivity index (χ2n) is 15.7. The highest BCUT2D eigenvalue weighted by atomic mass is 16.3. The molecule has 0 aliphatic carbocycles. The SMILES string of the molecule is CCCCCCCCCCCCCCCCCCCCCCC/C=C/C(O)C(CO)NC(=O)CC(O)CCCCCCCCCCCCCC. The molecular weight excluding hydrogens is 618 g/mol. The Morgan fingerprint density at radius 2 is 0.820 bits per heavy atom. The van der Waals surface area contributed by atoms with Gasteiger partial charge in [-0.25, -0.2) is 0 Å². The Morgan fingerprint density at radius 1 is 0.500 bits per heavy atom. The highest BCUT2D eigenvalue weighted by Crippen LogP contribution is 2.16. The number of unbranched alkanes of at least 4 members (excludes halogenated alkanes) is 32. The van der Waals surface area contributed by atoms with Gasteiger partial charge in [0.05, 0.1) is 31.3 Å². The second kappa shape index (κ2) is 40.9. The van der Waals surface area contributed by atoms with Gasteiger partial charge in [0.2, 0.25) is 5.91 Å². The number of amides is 1. The van der Waals surface area contributed by atoms with E-state index < -0.39 is 18.2 Å². The molecule has 0 fully saturated rings. The van der Waals surface area contributed by atoms with E-state index in [-0.39, 0.29) is 18.9 Å². The first kappa shape index (κ1) is 49.1. The Bertz CT molecular complexity index is 699. The lowest BCUT2D eigenvalue weighted by Gasteiger charge is -2.21. The molecule has 0 saturated heterocycles. The van der Waals surface area contributed by atoms with E-state index in [0.717, 1.165) is 25.7 Å². The van der Waals surface area contributed by atoms with Gasteiger partial charge in [0.1, 0.15) is 0 Å². The molecule has 0 heterocycles. The molecule has 298 valence electrons. The van der Waals surface area contributed by atoms with Gasteiger partial charge < -0.3 is 20.6 Å². The van der Waals surface area contributed by atoms with E-state index in [1.165, 1.54) is 193 Å². The normalized spacial score (nSPS) is 13.6. The third-order valence-electron chi connectivity index (χ3n) is 10.6. The Morgan fingerprint density at radius 3 is 1.16 bits per heavy atom. The lowest BCUT2D eigenvalue weighted by atomic mass is 10.0. The monoisotopic (exact) mass is 708 g/mol. The summed E-state index contributed by atoms with van der Waals surface area (Å²) in [7, 11) is 0. The second-order valence-corrected chi connectivity index (χ2v) is 15.7. The maximum absolute atomic E-state index is 12.4. The van der Waals surface area contributed by atoms with Crippen LogP contribution in [0.4, 0.5) is 0 Å². The number of aliphatic hydroxyl groups is 3. The van der Waals surface area contributed by atoms with Crippen LogP contribution in [0.25, 0.3) is 0 Å². The van der Waals surface area contributed by atoms with Gasteiger partial charge in [0, 0.05) is 0 Å². The molecule has 4 N–H and O–H groups in total. The standard InChI is InChI=1S/C45H89NO4/c1-3-5-7-9-11-13-15-17-18-19-20-21-22-23-24-25-26-27-29-31-33-35-37-39-44(49)43(41-47)46-45(50)40-42(48)38-36-34-32-30-28-16-14-12-10-8-6-4-2/h37,39,42-44,47-49H,3-36,38,40-41H2,1-2H3,(H,46,50)/b39-37+. The highest BCUT2D eigenvalue weighted by Gasteiger charge is 2.20. The van der Waals surface area contributed by atoms with E-state index in [9.17, 15) is 20.1 Å². The summed E-state index contributed by atoms with van der Waals surface area (Å²) in [5.41, 5.74) is 0. The van der Waals surface area contributed by atoms with Gasteiger partial charge >= 0.3 is 0 Å². The summed E-state index contributed by atoms with van der Waals surface area (Å²) >= 11 is 0. The van der Waals surface area contributed by atoms with E-state index in [2.05, 4.69) is 19.2 Å². The molecule has 0 rings (SSSR count). The van der Waals surface area contributed by atoms with Crippen LogP contribution < -0.4 is 5.32 Å². The van der Waals surface area contributed by atoms with Gasteiger partial charge in [-0.05, 0) is 19.3 Å². The Kier molecular flexibility index (Phi) is 40.1. The first-order chi connectivity index (χ1) is 24.5. The van der Waals surface area contributed by atoms with E-state index in [1.54, 1.807) is 6.08 Å².